The number of amides is 1. The van der Waals surface area contributed by atoms with Gasteiger partial charge in [-0.3, -0.25) is 14.9 Å². The van der Waals surface area contributed by atoms with Crippen LogP contribution in [-0.2, 0) is 9.53 Å². The number of non-ortho nitro benzene ring substituents is 1. The van der Waals surface area contributed by atoms with Crippen LogP contribution in [0.2, 0.25) is 0 Å². The van der Waals surface area contributed by atoms with Crippen LogP contribution in [0.4, 0.5) is 5.69 Å². The highest BCUT2D eigenvalue weighted by atomic mass is 32.2. The van der Waals surface area contributed by atoms with Crippen molar-refractivity contribution in [3.8, 4) is 0 Å². The van der Waals surface area contributed by atoms with E-state index in [0.29, 0.717) is 24.4 Å². The number of benzene rings is 1. The number of thiazole rings is 1. The fraction of sp³-hybridized carbons (Fsp3) is 0.467. The molecule has 128 valence electrons. The smallest absolute Gasteiger partial charge is 0.270 e. The van der Waals surface area contributed by atoms with Crippen LogP contribution in [0.25, 0.3) is 10.2 Å². The molecule has 24 heavy (non-hydrogen) atoms. The zero-order valence-corrected chi connectivity index (χ0v) is 14.9. The first-order valence-corrected chi connectivity index (χ1v) is 9.33. The Morgan fingerprint density at radius 3 is 2.83 bits per heavy atom. The van der Waals surface area contributed by atoms with Gasteiger partial charge in [0.2, 0.25) is 5.91 Å². The predicted octanol–water partition coefficient (Wildman–Crippen LogP) is 2.93. The average molecular weight is 367 g/mol. The van der Waals surface area contributed by atoms with Gasteiger partial charge in [-0.05, 0) is 19.9 Å². The molecule has 0 saturated carbocycles. The number of rotatable bonds is 4. The molecule has 1 fully saturated rings. The molecule has 1 aliphatic heterocycles. The number of hydrogen-bond acceptors (Lipinski definition) is 7. The van der Waals surface area contributed by atoms with Crippen molar-refractivity contribution in [2.24, 2.45) is 0 Å². The van der Waals surface area contributed by atoms with Crippen molar-refractivity contribution >= 4 is 44.9 Å². The van der Waals surface area contributed by atoms with E-state index in [1.807, 2.05) is 18.7 Å². The van der Waals surface area contributed by atoms with Crippen LogP contribution in [0.1, 0.15) is 13.8 Å². The molecule has 2 aromatic rings. The van der Waals surface area contributed by atoms with E-state index in [1.54, 1.807) is 6.07 Å². The van der Waals surface area contributed by atoms with Crippen LogP contribution in [0.15, 0.2) is 22.5 Å². The average Bonchev–Trinajstić information content (AvgIpc) is 2.93. The Kier molecular flexibility index (Phi) is 5.02. The maximum absolute atomic E-state index is 12.4. The van der Waals surface area contributed by atoms with E-state index >= 15 is 0 Å². The summed E-state index contributed by atoms with van der Waals surface area (Å²) in [5, 5.41) is 10.8. The summed E-state index contributed by atoms with van der Waals surface area (Å²) in [4.78, 5) is 29.0. The molecular formula is C15H17N3O4S2. The summed E-state index contributed by atoms with van der Waals surface area (Å²) in [6.07, 6.45) is 0.0939. The van der Waals surface area contributed by atoms with E-state index in [0.717, 1.165) is 9.04 Å². The summed E-state index contributed by atoms with van der Waals surface area (Å²) in [7, 11) is 0. The summed E-state index contributed by atoms with van der Waals surface area (Å²) < 4.78 is 7.13. The Bertz CT molecular complexity index is 769. The minimum Gasteiger partial charge on any atom is -0.372 e. The van der Waals surface area contributed by atoms with E-state index in [9.17, 15) is 14.9 Å². The number of morpholine rings is 1. The number of thioether (sulfide) groups is 1. The van der Waals surface area contributed by atoms with Crippen molar-refractivity contribution in [3.05, 3.63) is 28.3 Å². The van der Waals surface area contributed by atoms with Crippen LogP contribution in [0.5, 0.6) is 0 Å². The van der Waals surface area contributed by atoms with E-state index in [2.05, 4.69) is 4.98 Å². The zero-order chi connectivity index (χ0) is 17.3. The van der Waals surface area contributed by atoms with Crippen molar-refractivity contribution in [1.82, 2.24) is 9.88 Å². The van der Waals surface area contributed by atoms with Gasteiger partial charge in [-0.2, -0.15) is 0 Å². The summed E-state index contributed by atoms with van der Waals surface area (Å²) in [5.41, 5.74) is 0.768. The second-order valence-corrected chi connectivity index (χ2v) is 7.99. The molecule has 1 amide bonds. The van der Waals surface area contributed by atoms with Crippen LogP contribution in [0.3, 0.4) is 0 Å². The highest BCUT2D eigenvalue weighted by molar-refractivity contribution is 8.01. The fourth-order valence-corrected chi connectivity index (χ4v) is 4.67. The van der Waals surface area contributed by atoms with Gasteiger partial charge in [0, 0.05) is 25.2 Å². The first-order valence-electron chi connectivity index (χ1n) is 7.53. The molecule has 0 unspecified atom stereocenters. The SMILES string of the molecule is C[C@@H]1CN(C(=O)CSc2nc3ccc([N+](=O)[O-])cc3s2)C[C@H](C)O1. The summed E-state index contributed by atoms with van der Waals surface area (Å²) >= 11 is 2.74. The first kappa shape index (κ1) is 17.1. The first-order chi connectivity index (χ1) is 11.4. The second kappa shape index (κ2) is 7.04. The molecule has 1 aromatic carbocycles. The molecule has 2 heterocycles. The van der Waals surface area contributed by atoms with Crippen LogP contribution >= 0.6 is 23.1 Å². The lowest BCUT2D eigenvalue weighted by atomic mass is 10.2. The van der Waals surface area contributed by atoms with Gasteiger partial charge in [0.15, 0.2) is 4.34 Å². The molecule has 1 saturated heterocycles. The monoisotopic (exact) mass is 367 g/mol. The van der Waals surface area contributed by atoms with Gasteiger partial charge >= 0.3 is 0 Å². The highest BCUT2D eigenvalue weighted by Gasteiger charge is 2.26. The minimum atomic E-state index is -0.420. The quantitative estimate of drug-likeness (QED) is 0.469. The number of ether oxygens (including phenoxy) is 1. The normalized spacial score (nSPS) is 21.2. The molecule has 0 aliphatic carbocycles. The number of nitro benzene ring substituents is 1. The van der Waals surface area contributed by atoms with Crippen LogP contribution < -0.4 is 0 Å². The minimum absolute atomic E-state index is 0.0469. The molecule has 0 bridgehead atoms. The molecule has 3 rings (SSSR count). The summed E-state index contributed by atoms with van der Waals surface area (Å²) in [6, 6.07) is 4.60. The van der Waals surface area contributed by atoms with Gasteiger partial charge in [-0.1, -0.05) is 11.8 Å². The van der Waals surface area contributed by atoms with Crippen molar-refractivity contribution in [1.29, 1.82) is 0 Å². The van der Waals surface area contributed by atoms with Gasteiger partial charge in [-0.25, -0.2) is 4.98 Å². The third-order valence-corrected chi connectivity index (χ3v) is 5.80. The molecule has 9 heteroatoms. The number of hydrogen-bond donors (Lipinski definition) is 0. The second-order valence-electron chi connectivity index (χ2n) is 5.73. The molecule has 1 aromatic heterocycles. The zero-order valence-electron chi connectivity index (χ0n) is 13.3. The molecule has 0 N–H and O–H groups in total. The van der Waals surface area contributed by atoms with Crippen molar-refractivity contribution in [2.75, 3.05) is 18.8 Å². The predicted molar refractivity (Wildman–Crippen MR) is 93.6 cm³/mol. The molecular weight excluding hydrogens is 350 g/mol. The largest absolute Gasteiger partial charge is 0.372 e. The number of carbonyl (C=O) groups excluding carboxylic acids is 1. The Balaban J connectivity index is 1.64. The van der Waals surface area contributed by atoms with E-state index in [1.165, 1.54) is 35.2 Å². The Morgan fingerprint density at radius 1 is 1.46 bits per heavy atom. The summed E-state index contributed by atoms with van der Waals surface area (Å²) in [6.45, 7) is 5.14. The van der Waals surface area contributed by atoms with Crippen molar-refractivity contribution < 1.29 is 14.5 Å². The van der Waals surface area contributed by atoms with Crippen molar-refractivity contribution in [2.45, 2.75) is 30.4 Å². The topological polar surface area (TPSA) is 85.6 Å². The van der Waals surface area contributed by atoms with Gasteiger partial charge in [0.05, 0.1) is 33.1 Å². The van der Waals surface area contributed by atoms with Crippen molar-refractivity contribution in [3.63, 3.8) is 0 Å². The van der Waals surface area contributed by atoms with E-state index in [4.69, 9.17) is 4.74 Å². The third kappa shape index (κ3) is 3.85. The number of aromatic nitrogens is 1. The number of nitro groups is 1. The number of nitrogens with zero attached hydrogens (tertiary/aromatic N) is 3. The van der Waals surface area contributed by atoms with Gasteiger partial charge < -0.3 is 9.64 Å². The molecule has 7 nitrogen and oxygen atoms in total. The Hall–Kier alpha value is -1.71. The highest BCUT2D eigenvalue weighted by Crippen LogP contribution is 2.32. The summed E-state index contributed by atoms with van der Waals surface area (Å²) in [5.74, 6) is 0.369. The molecule has 0 radical (unpaired) electrons. The Labute approximate surface area is 147 Å². The lowest BCUT2D eigenvalue weighted by Gasteiger charge is -2.35. The number of fused-ring (bicyclic) bond motifs is 1. The lowest BCUT2D eigenvalue weighted by Crippen LogP contribution is -2.48. The van der Waals surface area contributed by atoms with Gasteiger partial charge in [-0.15, -0.1) is 11.3 Å². The Morgan fingerprint density at radius 2 is 2.17 bits per heavy atom. The molecule has 1 aliphatic rings. The fourth-order valence-electron chi connectivity index (χ4n) is 2.66. The van der Waals surface area contributed by atoms with E-state index < -0.39 is 4.92 Å². The lowest BCUT2D eigenvalue weighted by molar-refractivity contribution is -0.384. The molecule has 0 spiro atoms. The van der Waals surface area contributed by atoms with Crippen LogP contribution in [0, 0.1) is 10.1 Å². The third-order valence-electron chi connectivity index (χ3n) is 3.65. The van der Waals surface area contributed by atoms with Crippen LogP contribution in [-0.4, -0.2) is 51.8 Å². The molecule has 2 atom stereocenters. The maximum Gasteiger partial charge on any atom is 0.270 e. The van der Waals surface area contributed by atoms with Gasteiger partial charge in [0.1, 0.15) is 0 Å². The standard InChI is InChI=1S/C15H17N3O4S2/c1-9-6-17(7-10(2)22-9)14(19)8-23-15-16-12-4-3-11(18(20)21)5-13(12)24-15/h3-5,9-10H,6-8H2,1-2H3/t9-,10+. The maximum atomic E-state index is 12.4. The van der Waals surface area contributed by atoms with E-state index in [-0.39, 0.29) is 23.8 Å². The number of carbonyl (C=O) groups is 1. The van der Waals surface area contributed by atoms with Gasteiger partial charge in [0.25, 0.3) is 5.69 Å².